The Bertz CT molecular complexity index is 613. The SMILES string of the molecule is C1=CCC1.C=S.CS(=O)(=O)c1ccc(C2=CCOCN2)cc1. The molecule has 1 aliphatic heterocycles. The highest BCUT2D eigenvalue weighted by molar-refractivity contribution is 7.90. The molecule has 1 aliphatic carbocycles. The normalized spacial score (nSPS) is 15.8. The Morgan fingerprint density at radius 3 is 2.05 bits per heavy atom. The molecule has 0 saturated heterocycles. The van der Waals surface area contributed by atoms with Gasteiger partial charge in [0, 0.05) is 12.0 Å². The summed E-state index contributed by atoms with van der Waals surface area (Å²) >= 11 is 3.83. The average molecular weight is 339 g/mol. The number of allylic oxidation sites excluding steroid dienone is 2. The third-order valence-corrected chi connectivity index (χ3v) is 4.16. The highest BCUT2D eigenvalue weighted by atomic mass is 32.2. The Kier molecular flexibility index (Phi) is 8.01. The van der Waals surface area contributed by atoms with Gasteiger partial charge in [-0.25, -0.2) is 8.42 Å². The first-order chi connectivity index (χ1) is 10.6. The van der Waals surface area contributed by atoms with Crippen LogP contribution in [0.25, 0.3) is 5.70 Å². The summed E-state index contributed by atoms with van der Waals surface area (Å²) in [6.45, 7) is 1.07. The Labute approximate surface area is 137 Å². The molecule has 1 aromatic rings. The predicted molar refractivity (Wildman–Crippen MR) is 94.6 cm³/mol. The number of thiocarbonyl (C=S) groups is 1. The van der Waals surface area contributed by atoms with Gasteiger partial charge in [-0.2, -0.15) is 0 Å². The van der Waals surface area contributed by atoms with Crippen LogP contribution in [0, 0.1) is 0 Å². The summed E-state index contributed by atoms with van der Waals surface area (Å²) < 4.78 is 27.7. The van der Waals surface area contributed by atoms with Crippen molar-refractivity contribution in [2.45, 2.75) is 17.7 Å². The third kappa shape index (κ3) is 6.09. The molecule has 4 nitrogen and oxygen atoms in total. The summed E-state index contributed by atoms with van der Waals surface area (Å²) in [5.41, 5.74) is 1.95. The van der Waals surface area contributed by atoms with Gasteiger partial charge in [-0.15, -0.1) is 0 Å². The smallest absolute Gasteiger partial charge is 0.175 e. The lowest BCUT2D eigenvalue weighted by atomic mass is 10.1. The number of hydrogen-bond donors (Lipinski definition) is 1. The van der Waals surface area contributed by atoms with Crippen molar-refractivity contribution in [3.63, 3.8) is 0 Å². The molecular weight excluding hydrogens is 318 g/mol. The molecule has 0 saturated carbocycles. The topological polar surface area (TPSA) is 55.4 Å². The highest BCUT2D eigenvalue weighted by Crippen LogP contribution is 2.16. The maximum atomic E-state index is 11.3. The van der Waals surface area contributed by atoms with Crippen LogP contribution < -0.4 is 5.32 Å². The Morgan fingerprint density at radius 1 is 1.14 bits per heavy atom. The van der Waals surface area contributed by atoms with Crippen LogP contribution in [-0.2, 0) is 14.6 Å². The standard InChI is InChI=1S/C11H13NO3S.C4H6.CH2S/c1-16(13,14)10-4-2-9(3-5-10)11-6-7-15-8-12-11;1-2-4-3-1;1-2/h2-6,12H,7-8H2,1H3;1-2H,3-4H2;1H2. The van der Waals surface area contributed by atoms with Crippen molar-refractivity contribution >= 4 is 33.6 Å². The quantitative estimate of drug-likeness (QED) is 0.663. The van der Waals surface area contributed by atoms with E-state index in [0.717, 1.165) is 11.3 Å². The third-order valence-electron chi connectivity index (χ3n) is 3.03. The monoisotopic (exact) mass is 339 g/mol. The fourth-order valence-corrected chi connectivity index (χ4v) is 2.30. The van der Waals surface area contributed by atoms with Crippen molar-refractivity contribution in [2.24, 2.45) is 0 Å². The van der Waals surface area contributed by atoms with Crippen molar-refractivity contribution in [2.75, 3.05) is 19.6 Å². The molecule has 1 N–H and O–H groups in total. The maximum absolute atomic E-state index is 11.3. The fourth-order valence-electron chi connectivity index (χ4n) is 1.67. The molecule has 1 aromatic carbocycles. The lowest BCUT2D eigenvalue weighted by Gasteiger charge is -2.16. The van der Waals surface area contributed by atoms with E-state index >= 15 is 0 Å². The molecule has 6 heteroatoms. The second-order valence-corrected chi connectivity index (χ2v) is 6.67. The molecule has 0 fully saturated rings. The first-order valence-corrected chi connectivity index (χ1v) is 9.30. The van der Waals surface area contributed by atoms with Crippen LogP contribution >= 0.6 is 12.2 Å². The van der Waals surface area contributed by atoms with Crippen LogP contribution in [0.4, 0.5) is 0 Å². The van der Waals surface area contributed by atoms with Gasteiger partial charge in [0.15, 0.2) is 9.84 Å². The van der Waals surface area contributed by atoms with E-state index in [-0.39, 0.29) is 0 Å². The van der Waals surface area contributed by atoms with Gasteiger partial charge in [-0.3, -0.25) is 0 Å². The van der Waals surface area contributed by atoms with E-state index in [1.165, 1.54) is 19.1 Å². The summed E-state index contributed by atoms with van der Waals surface area (Å²) in [6, 6.07) is 6.81. The Balaban J connectivity index is 0.000000342. The molecule has 0 atom stereocenters. The number of ether oxygens (including phenoxy) is 1. The van der Waals surface area contributed by atoms with E-state index in [4.69, 9.17) is 4.74 Å². The van der Waals surface area contributed by atoms with Gasteiger partial charge in [0.2, 0.25) is 0 Å². The van der Waals surface area contributed by atoms with Crippen molar-refractivity contribution in [3.05, 3.63) is 48.1 Å². The minimum atomic E-state index is -3.11. The predicted octanol–water partition coefficient (Wildman–Crippen LogP) is 2.96. The van der Waals surface area contributed by atoms with Crippen LogP contribution in [0.5, 0.6) is 0 Å². The number of sulfone groups is 1. The minimum absolute atomic E-state index is 0.337. The number of benzene rings is 1. The van der Waals surface area contributed by atoms with Crippen LogP contribution in [0.3, 0.4) is 0 Å². The average Bonchev–Trinajstić information content (AvgIpc) is 2.48. The molecule has 22 heavy (non-hydrogen) atoms. The largest absolute Gasteiger partial charge is 0.362 e. The zero-order valence-electron chi connectivity index (χ0n) is 12.6. The van der Waals surface area contributed by atoms with Crippen LogP contribution in [0.1, 0.15) is 18.4 Å². The second kappa shape index (κ2) is 9.50. The zero-order chi connectivity index (χ0) is 16.4. The lowest BCUT2D eigenvalue weighted by molar-refractivity contribution is 0.146. The van der Waals surface area contributed by atoms with Gasteiger partial charge in [-0.05, 0) is 42.5 Å². The first-order valence-electron chi connectivity index (χ1n) is 6.83. The lowest BCUT2D eigenvalue weighted by Crippen LogP contribution is -2.21. The van der Waals surface area contributed by atoms with Gasteiger partial charge in [0.1, 0.15) is 6.73 Å². The summed E-state index contributed by atoms with van der Waals surface area (Å²) in [7, 11) is -3.11. The van der Waals surface area contributed by atoms with Crippen LogP contribution in [0.2, 0.25) is 0 Å². The molecule has 3 rings (SSSR count). The van der Waals surface area contributed by atoms with E-state index in [1.807, 2.05) is 6.08 Å². The van der Waals surface area contributed by atoms with Crippen LogP contribution in [0.15, 0.2) is 47.4 Å². The molecule has 2 aliphatic rings. The van der Waals surface area contributed by atoms with Crippen molar-refractivity contribution in [1.29, 1.82) is 0 Å². The number of rotatable bonds is 2. The van der Waals surface area contributed by atoms with Crippen molar-refractivity contribution in [3.8, 4) is 0 Å². The van der Waals surface area contributed by atoms with Crippen molar-refractivity contribution < 1.29 is 13.2 Å². The summed E-state index contributed by atoms with van der Waals surface area (Å²) in [6.07, 6.45) is 10.1. The summed E-state index contributed by atoms with van der Waals surface area (Å²) in [5.74, 6) is 2.83. The molecule has 0 aromatic heterocycles. The molecule has 0 unspecified atom stereocenters. The molecule has 120 valence electrons. The van der Waals surface area contributed by atoms with E-state index in [0.29, 0.717) is 18.2 Å². The van der Waals surface area contributed by atoms with Gasteiger partial charge in [-0.1, -0.05) is 36.5 Å². The van der Waals surface area contributed by atoms with Gasteiger partial charge in [0.05, 0.1) is 11.5 Å². The molecule has 0 spiro atoms. The molecule has 0 bridgehead atoms. The molecule has 0 amide bonds. The zero-order valence-corrected chi connectivity index (χ0v) is 14.3. The minimum Gasteiger partial charge on any atom is -0.362 e. The maximum Gasteiger partial charge on any atom is 0.175 e. The van der Waals surface area contributed by atoms with E-state index in [2.05, 4.69) is 35.6 Å². The molecule has 1 heterocycles. The summed E-state index contributed by atoms with van der Waals surface area (Å²) in [5, 5.41) is 3.08. The van der Waals surface area contributed by atoms with E-state index in [1.54, 1.807) is 24.3 Å². The molecular formula is C16H21NO3S2. The summed E-state index contributed by atoms with van der Waals surface area (Å²) in [4.78, 5) is 0.337. The van der Waals surface area contributed by atoms with Crippen molar-refractivity contribution in [1.82, 2.24) is 5.32 Å². The van der Waals surface area contributed by atoms with Gasteiger partial charge >= 0.3 is 0 Å². The van der Waals surface area contributed by atoms with Gasteiger partial charge < -0.3 is 10.1 Å². The van der Waals surface area contributed by atoms with Crippen LogP contribution in [-0.4, -0.2) is 33.9 Å². The number of hydrogen-bond acceptors (Lipinski definition) is 5. The molecule has 0 radical (unpaired) electrons. The van der Waals surface area contributed by atoms with E-state index in [9.17, 15) is 8.42 Å². The van der Waals surface area contributed by atoms with Gasteiger partial charge in [0.25, 0.3) is 0 Å². The fraction of sp³-hybridized carbons (Fsp3) is 0.312. The second-order valence-electron chi connectivity index (χ2n) is 4.66. The number of nitrogens with one attached hydrogen (secondary N) is 1. The Morgan fingerprint density at radius 2 is 1.68 bits per heavy atom. The van der Waals surface area contributed by atoms with E-state index < -0.39 is 9.84 Å². The highest BCUT2D eigenvalue weighted by Gasteiger charge is 2.09. The first kappa shape index (κ1) is 18.5. The Hall–Kier alpha value is -1.50.